The smallest absolute Gasteiger partial charge is 0.162 e. The minimum absolute atomic E-state index is 0.512. The van der Waals surface area contributed by atoms with Crippen molar-refractivity contribution in [3.8, 4) is 11.5 Å². The SMILES string of the molecule is Cc1ccc(C(O)c2cc3c(cc2Br)OCCCO3)o1. The number of aliphatic hydroxyl groups excluding tert-OH is 1. The zero-order chi connectivity index (χ0) is 14.1. The molecule has 2 aromatic rings. The summed E-state index contributed by atoms with van der Waals surface area (Å²) in [5, 5.41) is 10.4. The van der Waals surface area contributed by atoms with Crippen molar-refractivity contribution in [2.24, 2.45) is 0 Å². The summed E-state index contributed by atoms with van der Waals surface area (Å²) in [7, 11) is 0. The number of hydrogen-bond donors (Lipinski definition) is 1. The third-order valence-corrected chi connectivity index (χ3v) is 3.88. The van der Waals surface area contributed by atoms with Gasteiger partial charge in [0.05, 0.1) is 13.2 Å². The molecule has 0 aliphatic carbocycles. The quantitative estimate of drug-likeness (QED) is 0.908. The molecule has 1 unspecified atom stereocenters. The average Bonchev–Trinajstić information content (AvgIpc) is 2.73. The van der Waals surface area contributed by atoms with E-state index in [1.165, 1.54) is 0 Å². The molecule has 20 heavy (non-hydrogen) atoms. The van der Waals surface area contributed by atoms with Crippen LogP contribution in [0.25, 0.3) is 0 Å². The fourth-order valence-corrected chi connectivity index (χ4v) is 2.70. The van der Waals surface area contributed by atoms with E-state index in [-0.39, 0.29) is 0 Å². The number of aliphatic hydroxyl groups is 1. The number of benzene rings is 1. The van der Waals surface area contributed by atoms with Gasteiger partial charge < -0.3 is 19.0 Å². The van der Waals surface area contributed by atoms with Gasteiger partial charge in [0.25, 0.3) is 0 Å². The molecule has 0 saturated carbocycles. The normalized spacial score (nSPS) is 15.8. The number of fused-ring (bicyclic) bond motifs is 1. The van der Waals surface area contributed by atoms with E-state index in [0.29, 0.717) is 36.0 Å². The molecular weight excluding hydrogens is 324 g/mol. The van der Waals surface area contributed by atoms with Crippen molar-refractivity contribution in [3.63, 3.8) is 0 Å². The molecule has 1 aromatic heterocycles. The van der Waals surface area contributed by atoms with Crippen molar-refractivity contribution >= 4 is 15.9 Å². The summed E-state index contributed by atoms with van der Waals surface area (Å²) >= 11 is 3.47. The van der Waals surface area contributed by atoms with Gasteiger partial charge in [0, 0.05) is 16.5 Å². The van der Waals surface area contributed by atoms with Crippen LogP contribution in [0.3, 0.4) is 0 Å². The molecule has 0 bridgehead atoms. The number of aryl methyl sites for hydroxylation is 1. The van der Waals surface area contributed by atoms with Crippen molar-refractivity contribution in [2.75, 3.05) is 13.2 Å². The highest BCUT2D eigenvalue weighted by molar-refractivity contribution is 9.10. The van der Waals surface area contributed by atoms with Gasteiger partial charge in [-0.2, -0.15) is 0 Å². The van der Waals surface area contributed by atoms with Crippen molar-refractivity contribution in [3.05, 3.63) is 45.8 Å². The summed E-state index contributed by atoms with van der Waals surface area (Å²) in [4.78, 5) is 0. The predicted molar refractivity (Wildman–Crippen MR) is 77.3 cm³/mol. The minimum Gasteiger partial charge on any atom is -0.490 e. The van der Waals surface area contributed by atoms with Gasteiger partial charge in [-0.25, -0.2) is 0 Å². The Kier molecular flexibility index (Phi) is 3.72. The second kappa shape index (κ2) is 5.50. The summed E-state index contributed by atoms with van der Waals surface area (Å²) in [6, 6.07) is 7.23. The van der Waals surface area contributed by atoms with E-state index in [2.05, 4.69) is 15.9 Å². The van der Waals surface area contributed by atoms with E-state index < -0.39 is 6.10 Å². The molecule has 1 aliphatic rings. The fourth-order valence-electron chi connectivity index (χ4n) is 2.16. The maximum atomic E-state index is 10.4. The lowest BCUT2D eigenvalue weighted by atomic mass is 10.1. The molecule has 106 valence electrons. The van der Waals surface area contributed by atoms with Crippen LogP contribution in [0.4, 0.5) is 0 Å². The number of rotatable bonds is 2. The Labute approximate surface area is 125 Å². The Morgan fingerprint density at radius 1 is 1.15 bits per heavy atom. The number of hydrogen-bond acceptors (Lipinski definition) is 4. The molecule has 0 amide bonds. The minimum atomic E-state index is -0.838. The molecule has 0 saturated heterocycles. The monoisotopic (exact) mass is 338 g/mol. The molecule has 1 aliphatic heterocycles. The molecular formula is C15H15BrO4. The molecule has 0 radical (unpaired) electrons. The first-order chi connectivity index (χ1) is 9.65. The van der Waals surface area contributed by atoms with Gasteiger partial charge in [0.15, 0.2) is 11.5 Å². The van der Waals surface area contributed by atoms with Gasteiger partial charge >= 0.3 is 0 Å². The Morgan fingerprint density at radius 3 is 2.50 bits per heavy atom. The van der Waals surface area contributed by atoms with Gasteiger partial charge in [-0.05, 0) is 31.2 Å². The predicted octanol–water partition coefficient (Wildman–Crippen LogP) is 3.59. The average molecular weight is 339 g/mol. The van der Waals surface area contributed by atoms with Crippen molar-refractivity contribution in [2.45, 2.75) is 19.4 Å². The highest BCUT2D eigenvalue weighted by Crippen LogP contribution is 2.39. The Morgan fingerprint density at radius 2 is 1.85 bits per heavy atom. The van der Waals surface area contributed by atoms with Crippen LogP contribution < -0.4 is 9.47 Å². The van der Waals surface area contributed by atoms with E-state index in [4.69, 9.17) is 13.9 Å². The molecule has 0 fully saturated rings. The van der Waals surface area contributed by atoms with Gasteiger partial charge in [-0.15, -0.1) is 0 Å². The van der Waals surface area contributed by atoms with Crippen LogP contribution in [0.1, 0.15) is 29.6 Å². The van der Waals surface area contributed by atoms with Crippen LogP contribution >= 0.6 is 15.9 Å². The molecule has 1 N–H and O–H groups in total. The summed E-state index contributed by atoms with van der Waals surface area (Å²) in [6.07, 6.45) is 0.0110. The van der Waals surface area contributed by atoms with Crippen molar-refractivity contribution < 1.29 is 19.0 Å². The molecule has 3 rings (SSSR count). The van der Waals surface area contributed by atoms with Gasteiger partial charge in [0.1, 0.15) is 17.6 Å². The molecule has 5 heteroatoms. The molecule has 2 heterocycles. The lowest BCUT2D eigenvalue weighted by molar-refractivity contribution is 0.186. The van der Waals surface area contributed by atoms with E-state index in [9.17, 15) is 5.11 Å². The topological polar surface area (TPSA) is 51.8 Å². The number of ether oxygens (including phenoxy) is 2. The number of furan rings is 1. The van der Waals surface area contributed by atoms with Crippen molar-refractivity contribution in [1.29, 1.82) is 0 Å². The summed E-state index contributed by atoms with van der Waals surface area (Å²) < 4.78 is 17.5. The molecule has 4 nitrogen and oxygen atoms in total. The van der Waals surface area contributed by atoms with Crippen LogP contribution in [-0.2, 0) is 0 Å². The lowest BCUT2D eigenvalue weighted by Crippen LogP contribution is -2.01. The zero-order valence-corrected chi connectivity index (χ0v) is 12.6. The Balaban J connectivity index is 1.99. The van der Waals surface area contributed by atoms with E-state index >= 15 is 0 Å². The third kappa shape index (κ3) is 2.55. The summed E-state index contributed by atoms with van der Waals surface area (Å²) in [5.41, 5.74) is 0.698. The van der Waals surface area contributed by atoms with E-state index in [1.807, 2.05) is 19.1 Å². The molecule has 0 spiro atoms. The van der Waals surface area contributed by atoms with Crippen LogP contribution in [0.2, 0.25) is 0 Å². The second-order valence-corrected chi connectivity index (χ2v) is 5.58. The van der Waals surface area contributed by atoms with Gasteiger partial charge in [0.2, 0.25) is 0 Å². The third-order valence-electron chi connectivity index (χ3n) is 3.19. The van der Waals surface area contributed by atoms with Crippen LogP contribution in [0.5, 0.6) is 11.5 Å². The largest absolute Gasteiger partial charge is 0.490 e. The van der Waals surface area contributed by atoms with Crippen LogP contribution in [-0.4, -0.2) is 18.3 Å². The fraction of sp³-hybridized carbons (Fsp3) is 0.333. The maximum Gasteiger partial charge on any atom is 0.162 e. The Bertz CT molecular complexity index is 620. The van der Waals surface area contributed by atoms with Crippen molar-refractivity contribution in [1.82, 2.24) is 0 Å². The van der Waals surface area contributed by atoms with Crippen LogP contribution in [0.15, 0.2) is 33.2 Å². The summed E-state index contributed by atoms with van der Waals surface area (Å²) in [5.74, 6) is 2.63. The first kappa shape index (κ1) is 13.5. The molecule has 1 atom stereocenters. The standard InChI is InChI=1S/C15H15BrO4/c1-9-3-4-12(20-9)15(17)10-7-13-14(8-11(10)16)19-6-2-5-18-13/h3-4,7-8,15,17H,2,5-6H2,1H3. The van der Waals surface area contributed by atoms with Crippen LogP contribution in [0, 0.1) is 6.92 Å². The lowest BCUT2D eigenvalue weighted by Gasteiger charge is -2.14. The first-order valence-electron chi connectivity index (χ1n) is 6.48. The first-order valence-corrected chi connectivity index (χ1v) is 7.28. The highest BCUT2D eigenvalue weighted by Gasteiger charge is 2.21. The van der Waals surface area contributed by atoms with E-state index in [1.54, 1.807) is 12.1 Å². The van der Waals surface area contributed by atoms with Gasteiger partial charge in [-0.3, -0.25) is 0 Å². The van der Waals surface area contributed by atoms with Gasteiger partial charge in [-0.1, -0.05) is 15.9 Å². The zero-order valence-electron chi connectivity index (χ0n) is 11.1. The highest BCUT2D eigenvalue weighted by atomic mass is 79.9. The number of halogens is 1. The Hall–Kier alpha value is -1.46. The molecule has 1 aromatic carbocycles. The summed E-state index contributed by atoms with van der Waals surface area (Å²) in [6.45, 7) is 3.10. The van der Waals surface area contributed by atoms with E-state index in [0.717, 1.165) is 16.7 Å². The second-order valence-electron chi connectivity index (χ2n) is 4.72. The maximum absolute atomic E-state index is 10.4.